The maximum Gasteiger partial charge on any atom is 0.179 e. The molecule has 1 heterocycles. The van der Waals surface area contributed by atoms with Crippen LogP contribution in [0.25, 0.3) is 0 Å². The van der Waals surface area contributed by atoms with E-state index >= 15 is 0 Å². The Bertz CT molecular complexity index is 700. The Hall–Kier alpha value is -1.34. The zero-order valence-electron chi connectivity index (χ0n) is 10.4. The first-order valence-electron chi connectivity index (χ1n) is 5.66. The van der Waals surface area contributed by atoms with Gasteiger partial charge in [-0.15, -0.1) is 0 Å². The summed E-state index contributed by atoms with van der Waals surface area (Å²) in [5.74, 6) is -0.225. The van der Waals surface area contributed by atoms with E-state index in [4.69, 9.17) is 4.74 Å². The Balaban J connectivity index is 2.31. The summed E-state index contributed by atoms with van der Waals surface area (Å²) < 4.78 is 52.6. The van der Waals surface area contributed by atoms with Gasteiger partial charge in [-0.3, -0.25) is 0 Å². The number of hydrogen-bond acceptors (Lipinski definition) is 5. The normalized spacial score (nSPS) is 21.1. The lowest BCUT2D eigenvalue weighted by atomic mass is 10.3. The highest BCUT2D eigenvalue weighted by atomic mass is 32.2. The van der Waals surface area contributed by atoms with Gasteiger partial charge in [-0.05, 0) is 19.1 Å². The van der Waals surface area contributed by atoms with Crippen LogP contribution in [-0.2, 0) is 19.7 Å². The van der Waals surface area contributed by atoms with Gasteiger partial charge in [0.2, 0.25) is 0 Å². The van der Waals surface area contributed by atoms with Crippen molar-refractivity contribution in [3.63, 3.8) is 0 Å². The molecule has 0 unspecified atom stereocenters. The van der Waals surface area contributed by atoms with E-state index in [2.05, 4.69) is 0 Å². The van der Waals surface area contributed by atoms with Crippen molar-refractivity contribution in [1.29, 1.82) is 0 Å². The van der Waals surface area contributed by atoms with Gasteiger partial charge >= 0.3 is 0 Å². The number of para-hydroxylation sites is 1. The zero-order chi connectivity index (χ0) is 14.1. The van der Waals surface area contributed by atoms with Gasteiger partial charge in [0.25, 0.3) is 0 Å². The highest BCUT2D eigenvalue weighted by Crippen LogP contribution is 2.25. The maximum atomic E-state index is 11.9. The van der Waals surface area contributed by atoms with E-state index in [0.717, 1.165) is 0 Å². The summed E-state index contributed by atoms with van der Waals surface area (Å²) in [7, 11) is -7.00. The minimum Gasteiger partial charge on any atom is -0.488 e. The molecule has 0 N–H and O–H groups in total. The summed E-state index contributed by atoms with van der Waals surface area (Å²) in [5.41, 5.74) is 0. The fourth-order valence-electron chi connectivity index (χ4n) is 1.75. The molecule has 0 bridgehead atoms. The lowest BCUT2D eigenvalue weighted by Gasteiger charge is -2.18. The van der Waals surface area contributed by atoms with Crippen LogP contribution in [0.4, 0.5) is 0 Å². The Morgan fingerprint density at radius 2 is 1.58 bits per heavy atom. The van der Waals surface area contributed by atoms with Crippen molar-refractivity contribution < 1.29 is 21.6 Å². The third kappa shape index (κ3) is 2.98. The second-order valence-corrected chi connectivity index (χ2v) is 8.60. The van der Waals surface area contributed by atoms with E-state index in [9.17, 15) is 16.8 Å². The van der Waals surface area contributed by atoms with Gasteiger partial charge in [0.1, 0.15) is 12.4 Å². The Morgan fingerprint density at radius 1 is 1.00 bits per heavy atom. The fraction of sp³-hybridized carbons (Fsp3) is 0.333. The second-order valence-electron chi connectivity index (χ2n) is 4.22. The Morgan fingerprint density at radius 3 is 2.21 bits per heavy atom. The van der Waals surface area contributed by atoms with Gasteiger partial charge < -0.3 is 4.74 Å². The van der Waals surface area contributed by atoms with Crippen LogP contribution in [-0.4, -0.2) is 34.9 Å². The van der Waals surface area contributed by atoms with Crippen molar-refractivity contribution in [1.82, 2.24) is 0 Å². The number of sulfone groups is 2. The first-order chi connectivity index (χ1) is 8.83. The Labute approximate surface area is 112 Å². The smallest absolute Gasteiger partial charge is 0.179 e. The fourth-order valence-corrected chi connectivity index (χ4v) is 5.90. The van der Waals surface area contributed by atoms with Crippen LogP contribution in [0.5, 0.6) is 5.75 Å². The molecule has 0 fully saturated rings. The van der Waals surface area contributed by atoms with E-state index in [1.807, 2.05) is 0 Å². The third-order valence-electron chi connectivity index (χ3n) is 2.97. The lowest BCUT2D eigenvalue weighted by Crippen LogP contribution is -2.29. The monoisotopic (exact) mass is 302 g/mol. The SMILES string of the molecule is CC1=C(COc2ccccc2)S(=O)(=O)CCS1(=O)=O. The molecular weight excluding hydrogens is 288 g/mol. The average molecular weight is 302 g/mol. The van der Waals surface area contributed by atoms with Gasteiger partial charge in [0.05, 0.1) is 21.3 Å². The number of hydrogen-bond donors (Lipinski definition) is 0. The van der Waals surface area contributed by atoms with Crippen molar-refractivity contribution in [2.24, 2.45) is 0 Å². The molecule has 0 atom stereocenters. The molecule has 19 heavy (non-hydrogen) atoms. The van der Waals surface area contributed by atoms with Crippen LogP contribution in [0.2, 0.25) is 0 Å². The molecule has 0 aliphatic carbocycles. The second kappa shape index (κ2) is 4.97. The van der Waals surface area contributed by atoms with E-state index in [-0.39, 0.29) is 27.9 Å². The summed E-state index contributed by atoms with van der Waals surface area (Å²) in [5, 5.41) is 0. The van der Waals surface area contributed by atoms with Gasteiger partial charge in [-0.2, -0.15) is 0 Å². The molecular formula is C12H14O5S2. The molecule has 0 amide bonds. The van der Waals surface area contributed by atoms with Crippen LogP contribution >= 0.6 is 0 Å². The van der Waals surface area contributed by atoms with Crippen molar-refractivity contribution in [3.8, 4) is 5.75 Å². The number of allylic oxidation sites excluding steroid dienone is 1. The number of rotatable bonds is 3. The van der Waals surface area contributed by atoms with E-state index in [1.54, 1.807) is 30.3 Å². The molecule has 2 rings (SSSR count). The lowest BCUT2D eigenvalue weighted by molar-refractivity contribution is 0.357. The Kier molecular flexibility index (Phi) is 3.69. The highest BCUT2D eigenvalue weighted by Gasteiger charge is 2.34. The van der Waals surface area contributed by atoms with Crippen molar-refractivity contribution in [3.05, 3.63) is 40.1 Å². The average Bonchev–Trinajstić information content (AvgIpc) is 2.36. The number of ether oxygens (including phenoxy) is 1. The zero-order valence-corrected chi connectivity index (χ0v) is 12.0. The third-order valence-corrected chi connectivity index (χ3v) is 7.19. The summed E-state index contributed by atoms with van der Waals surface area (Å²) in [6.45, 7) is 1.06. The minimum absolute atomic E-state index is 0.102. The van der Waals surface area contributed by atoms with Gasteiger partial charge in [0.15, 0.2) is 19.7 Å². The summed E-state index contributed by atoms with van der Waals surface area (Å²) in [6.07, 6.45) is 0. The van der Waals surface area contributed by atoms with Crippen LogP contribution in [0.3, 0.4) is 0 Å². The largest absolute Gasteiger partial charge is 0.488 e. The van der Waals surface area contributed by atoms with E-state index < -0.39 is 19.7 Å². The van der Waals surface area contributed by atoms with Crippen LogP contribution in [0.15, 0.2) is 40.1 Å². The molecule has 7 heteroatoms. The van der Waals surface area contributed by atoms with Crippen LogP contribution in [0.1, 0.15) is 6.92 Å². The van der Waals surface area contributed by atoms with Crippen molar-refractivity contribution in [2.45, 2.75) is 6.92 Å². The summed E-state index contributed by atoms with van der Waals surface area (Å²) in [6, 6.07) is 8.67. The predicted octanol–water partition coefficient (Wildman–Crippen LogP) is 1.14. The number of benzene rings is 1. The molecule has 0 saturated carbocycles. The summed E-state index contributed by atoms with van der Waals surface area (Å²) >= 11 is 0. The topological polar surface area (TPSA) is 77.5 Å². The van der Waals surface area contributed by atoms with Gasteiger partial charge in [-0.25, -0.2) is 16.8 Å². The van der Waals surface area contributed by atoms with Crippen LogP contribution in [0, 0.1) is 0 Å². The minimum atomic E-state index is -3.54. The first-order valence-corrected chi connectivity index (χ1v) is 8.96. The highest BCUT2D eigenvalue weighted by molar-refractivity contribution is 8.02. The molecule has 1 aliphatic heterocycles. The molecule has 1 aromatic rings. The molecule has 1 aromatic carbocycles. The molecule has 0 aromatic heterocycles. The molecule has 0 saturated heterocycles. The standard InChI is InChI=1S/C12H14O5S2/c1-10-12(9-17-11-5-3-2-4-6-11)19(15,16)8-7-18(10,13)14/h2-6H,7-9H2,1H3. The summed E-state index contributed by atoms with van der Waals surface area (Å²) in [4.78, 5) is -0.239. The van der Waals surface area contributed by atoms with Crippen molar-refractivity contribution >= 4 is 19.7 Å². The van der Waals surface area contributed by atoms with Crippen LogP contribution < -0.4 is 4.74 Å². The van der Waals surface area contributed by atoms with Crippen molar-refractivity contribution in [2.75, 3.05) is 18.1 Å². The molecule has 0 spiro atoms. The molecule has 104 valence electrons. The molecule has 1 aliphatic rings. The molecule has 5 nitrogen and oxygen atoms in total. The predicted molar refractivity (Wildman–Crippen MR) is 72.2 cm³/mol. The molecule has 0 radical (unpaired) electrons. The van der Waals surface area contributed by atoms with Gasteiger partial charge in [-0.1, -0.05) is 18.2 Å². The quantitative estimate of drug-likeness (QED) is 0.836. The maximum absolute atomic E-state index is 11.9. The van der Waals surface area contributed by atoms with E-state index in [1.165, 1.54) is 6.92 Å². The van der Waals surface area contributed by atoms with Gasteiger partial charge in [0, 0.05) is 0 Å². The first kappa shape index (κ1) is 14.1. The van der Waals surface area contributed by atoms with E-state index in [0.29, 0.717) is 5.75 Å².